The van der Waals surface area contributed by atoms with Crippen LogP contribution in [0.5, 0.6) is 0 Å². The number of aryl methyl sites for hydroxylation is 1. The van der Waals surface area contributed by atoms with E-state index in [0.29, 0.717) is 17.0 Å². The second-order valence-corrected chi connectivity index (χ2v) is 5.88. The molecule has 23 heavy (non-hydrogen) atoms. The largest absolute Gasteiger partial charge is 0.481 e. The van der Waals surface area contributed by atoms with Crippen molar-refractivity contribution in [2.24, 2.45) is 0 Å². The SMILES string of the molecule is Cc1c(CCC(=O)O)c[nH]c1/C=C1\C(=O)Nc2ccc(Cl)cc21. The first-order valence-corrected chi connectivity index (χ1v) is 7.55. The molecule has 0 saturated carbocycles. The maximum absolute atomic E-state index is 12.2. The summed E-state index contributed by atoms with van der Waals surface area (Å²) in [5, 5.41) is 12.2. The van der Waals surface area contributed by atoms with E-state index in [0.717, 1.165) is 28.1 Å². The lowest BCUT2D eigenvalue weighted by molar-refractivity contribution is -0.137. The van der Waals surface area contributed by atoms with E-state index in [2.05, 4.69) is 10.3 Å². The van der Waals surface area contributed by atoms with Crippen molar-refractivity contribution in [2.75, 3.05) is 5.32 Å². The van der Waals surface area contributed by atoms with E-state index in [4.69, 9.17) is 16.7 Å². The number of H-pyrrole nitrogens is 1. The molecule has 3 rings (SSSR count). The molecule has 0 spiro atoms. The van der Waals surface area contributed by atoms with Crippen LogP contribution in [0.15, 0.2) is 24.4 Å². The lowest BCUT2D eigenvalue weighted by atomic mass is 10.0. The van der Waals surface area contributed by atoms with Crippen LogP contribution in [0.4, 0.5) is 5.69 Å². The van der Waals surface area contributed by atoms with Gasteiger partial charge in [-0.05, 0) is 48.7 Å². The Bertz CT molecular complexity index is 836. The molecular formula is C17H15ClN2O3. The Hall–Kier alpha value is -2.53. The molecule has 1 aliphatic heterocycles. The molecule has 1 aliphatic rings. The Kier molecular flexibility index (Phi) is 3.96. The Morgan fingerprint density at radius 3 is 2.91 bits per heavy atom. The van der Waals surface area contributed by atoms with Crippen LogP contribution in [0.3, 0.4) is 0 Å². The van der Waals surface area contributed by atoms with E-state index in [1.807, 2.05) is 6.92 Å². The average molecular weight is 331 g/mol. The van der Waals surface area contributed by atoms with Gasteiger partial charge in [-0.3, -0.25) is 9.59 Å². The standard InChI is InChI=1S/C17H15ClN2O3/c1-9-10(2-5-16(21)22)8-19-15(9)7-13-12-6-11(18)3-4-14(12)20-17(13)23/h3-4,6-8,19H,2,5H2,1H3,(H,20,23)(H,21,22)/b13-7-. The van der Waals surface area contributed by atoms with Gasteiger partial charge in [-0.1, -0.05) is 11.6 Å². The summed E-state index contributed by atoms with van der Waals surface area (Å²) in [4.78, 5) is 26.0. The maximum Gasteiger partial charge on any atom is 0.303 e. The van der Waals surface area contributed by atoms with Crippen LogP contribution < -0.4 is 5.32 Å². The fraction of sp³-hybridized carbons (Fsp3) is 0.176. The minimum Gasteiger partial charge on any atom is -0.481 e. The van der Waals surface area contributed by atoms with E-state index >= 15 is 0 Å². The van der Waals surface area contributed by atoms with Gasteiger partial charge in [0.1, 0.15) is 0 Å². The predicted octanol–water partition coefficient (Wildman–Crippen LogP) is 3.49. The number of benzene rings is 1. The van der Waals surface area contributed by atoms with Gasteiger partial charge in [0.25, 0.3) is 5.91 Å². The van der Waals surface area contributed by atoms with Crippen molar-refractivity contribution in [3.8, 4) is 0 Å². The summed E-state index contributed by atoms with van der Waals surface area (Å²) in [5.41, 5.74) is 4.72. The molecule has 1 aromatic heterocycles. The monoisotopic (exact) mass is 330 g/mol. The van der Waals surface area contributed by atoms with E-state index in [1.165, 1.54) is 0 Å². The molecule has 6 heteroatoms. The summed E-state index contributed by atoms with van der Waals surface area (Å²) in [6.45, 7) is 1.91. The second-order valence-electron chi connectivity index (χ2n) is 5.45. The number of amides is 1. The highest BCUT2D eigenvalue weighted by Crippen LogP contribution is 2.35. The number of fused-ring (bicyclic) bond motifs is 1. The summed E-state index contributed by atoms with van der Waals surface area (Å²) in [7, 11) is 0. The van der Waals surface area contributed by atoms with Gasteiger partial charge in [0.15, 0.2) is 0 Å². The van der Waals surface area contributed by atoms with Gasteiger partial charge in [0.2, 0.25) is 0 Å². The number of aromatic nitrogens is 1. The second kappa shape index (κ2) is 5.93. The number of aromatic amines is 1. The molecule has 0 unspecified atom stereocenters. The number of hydrogen-bond donors (Lipinski definition) is 3. The van der Waals surface area contributed by atoms with Gasteiger partial charge in [-0.25, -0.2) is 0 Å². The zero-order valence-corrected chi connectivity index (χ0v) is 13.2. The van der Waals surface area contributed by atoms with Crippen molar-refractivity contribution < 1.29 is 14.7 Å². The van der Waals surface area contributed by atoms with Crippen molar-refractivity contribution >= 4 is 40.8 Å². The predicted molar refractivity (Wildman–Crippen MR) is 89.4 cm³/mol. The maximum atomic E-state index is 12.2. The summed E-state index contributed by atoms with van der Waals surface area (Å²) in [5.74, 6) is -1.01. The van der Waals surface area contributed by atoms with E-state index in [1.54, 1.807) is 30.5 Å². The summed E-state index contributed by atoms with van der Waals surface area (Å²) < 4.78 is 0. The first-order chi connectivity index (χ1) is 11.0. The van der Waals surface area contributed by atoms with E-state index < -0.39 is 5.97 Å². The number of rotatable bonds is 4. The topological polar surface area (TPSA) is 82.2 Å². The molecule has 2 aromatic rings. The van der Waals surface area contributed by atoms with Crippen LogP contribution in [0.1, 0.15) is 28.8 Å². The van der Waals surface area contributed by atoms with Gasteiger partial charge in [0, 0.05) is 34.6 Å². The minimum absolute atomic E-state index is 0.0770. The minimum atomic E-state index is -0.829. The highest BCUT2D eigenvalue weighted by molar-refractivity contribution is 6.36. The summed E-state index contributed by atoms with van der Waals surface area (Å²) >= 11 is 6.02. The van der Waals surface area contributed by atoms with E-state index in [9.17, 15) is 9.59 Å². The zero-order valence-electron chi connectivity index (χ0n) is 12.4. The Labute approximate surface area is 138 Å². The lowest BCUT2D eigenvalue weighted by Gasteiger charge is -2.00. The van der Waals surface area contributed by atoms with Crippen LogP contribution >= 0.6 is 11.6 Å². The third-order valence-electron chi connectivity index (χ3n) is 3.95. The molecule has 118 valence electrons. The fourth-order valence-corrected chi connectivity index (χ4v) is 2.83. The molecule has 1 amide bonds. The molecule has 0 fully saturated rings. The molecule has 1 aromatic carbocycles. The van der Waals surface area contributed by atoms with Crippen LogP contribution in [0.25, 0.3) is 11.6 Å². The number of anilines is 1. The number of carbonyl (C=O) groups excluding carboxylic acids is 1. The van der Waals surface area contributed by atoms with Gasteiger partial charge < -0.3 is 15.4 Å². The first-order valence-electron chi connectivity index (χ1n) is 7.17. The third kappa shape index (κ3) is 3.00. The van der Waals surface area contributed by atoms with Crippen LogP contribution in [0, 0.1) is 6.92 Å². The molecule has 0 aliphatic carbocycles. The molecule has 0 radical (unpaired) electrons. The zero-order chi connectivity index (χ0) is 16.6. The summed E-state index contributed by atoms with van der Waals surface area (Å²) in [6.07, 6.45) is 4.09. The molecule has 5 nitrogen and oxygen atoms in total. The van der Waals surface area contributed by atoms with Crippen molar-refractivity contribution in [1.29, 1.82) is 0 Å². The van der Waals surface area contributed by atoms with Crippen molar-refractivity contribution in [1.82, 2.24) is 4.98 Å². The van der Waals surface area contributed by atoms with Gasteiger partial charge in [-0.15, -0.1) is 0 Å². The normalized spacial score (nSPS) is 14.9. The highest BCUT2D eigenvalue weighted by atomic mass is 35.5. The first kappa shape index (κ1) is 15.4. The number of halogens is 1. The fourth-order valence-electron chi connectivity index (χ4n) is 2.65. The molecule has 0 bridgehead atoms. The number of nitrogens with one attached hydrogen (secondary N) is 2. The average Bonchev–Trinajstić information content (AvgIpc) is 2.99. The van der Waals surface area contributed by atoms with E-state index in [-0.39, 0.29) is 12.3 Å². The highest BCUT2D eigenvalue weighted by Gasteiger charge is 2.24. The van der Waals surface area contributed by atoms with Crippen molar-refractivity contribution in [2.45, 2.75) is 19.8 Å². The van der Waals surface area contributed by atoms with Crippen molar-refractivity contribution in [3.63, 3.8) is 0 Å². The molecule has 0 saturated heterocycles. The molecular weight excluding hydrogens is 316 g/mol. The van der Waals surface area contributed by atoms with Gasteiger partial charge >= 0.3 is 5.97 Å². The third-order valence-corrected chi connectivity index (χ3v) is 4.18. The van der Waals surface area contributed by atoms with Gasteiger partial charge in [0.05, 0.1) is 5.57 Å². The van der Waals surface area contributed by atoms with Crippen LogP contribution in [-0.4, -0.2) is 22.0 Å². The van der Waals surface area contributed by atoms with Crippen LogP contribution in [-0.2, 0) is 16.0 Å². The molecule has 2 heterocycles. The summed E-state index contributed by atoms with van der Waals surface area (Å²) in [6, 6.07) is 5.26. The Morgan fingerprint density at radius 1 is 1.39 bits per heavy atom. The van der Waals surface area contributed by atoms with Crippen molar-refractivity contribution in [3.05, 3.63) is 51.8 Å². The number of carbonyl (C=O) groups is 2. The molecule has 0 atom stereocenters. The number of carboxylic acid groups (broad SMARTS) is 1. The number of hydrogen-bond acceptors (Lipinski definition) is 2. The number of aliphatic carboxylic acids is 1. The lowest BCUT2D eigenvalue weighted by Crippen LogP contribution is -2.03. The number of carboxylic acids is 1. The van der Waals surface area contributed by atoms with Gasteiger partial charge in [-0.2, -0.15) is 0 Å². The Morgan fingerprint density at radius 2 is 2.17 bits per heavy atom. The molecule has 3 N–H and O–H groups in total. The van der Waals surface area contributed by atoms with Crippen LogP contribution in [0.2, 0.25) is 5.02 Å². The smallest absolute Gasteiger partial charge is 0.303 e. The Balaban J connectivity index is 1.95. The quantitative estimate of drug-likeness (QED) is 0.750.